The molecule has 0 aliphatic heterocycles. The first-order valence-electron chi connectivity index (χ1n) is 6.79. The van der Waals surface area contributed by atoms with Gasteiger partial charge >= 0.3 is 5.97 Å². The van der Waals surface area contributed by atoms with E-state index in [-0.39, 0.29) is 0 Å². The van der Waals surface area contributed by atoms with E-state index in [4.69, 9.17) is 9.47 Å². The molecule has 0 unspecified atom stereocenters. The zero-order valence-electron chi connectivity index (χ0n) is 12.3. The molecule has 0 spiro atoms. The number of nitrogens with one attached hydrogen (secondary N) is 1. The first kappa shape index (κ1) is 15.3. The lowest BCUT2D eigenvalue weighted by Gasteiger charge is -2.09. The van der Waals surface area contributed by atoms with Gasteiger partial charge in [-0.15, -0.1) is 11.3 Å². The number of carbonyl (C=O) groups is 1. The Morgan fingerprint density at radius 1 is 1.29 bits per heavy atom. The SMILES string of the molecule is CCOC(=O)c1nc(Nc2ccccc2OCC)sc1C. The van der Waals surface area contributed by atoms with Crippen molar-refractivity contribution in [1.29, 1.82) is 0 Å². The summed E-state index contributed by atoms with van der Waals surface area (Å²) in [5.41, 5.74) is 1.18. The van der Waals surface area contributed by atoms with Gasteiger partial charge in [0, 0.05) is 4.88 Å². The number of ether oxygens (including phenoxy) is 2. The summed E-state index contributed by atoms with van der Waals surface area (Å²) in [4.78, 5) is 16.9. The lowest BCUT2D eigenvalue weighted by Crippen LogP contribution is -2.06. The van der Waals surface area contributed by atoms with Crippen LogP contribution in [0.4, 0.5) is 10.8 Å². The third kappa shape index (κ3) is 3.72. The Morgan fingerprint density at radius 2 is 2.05 bits per heavy atom. The number of hydrogen-bond donors (Lipinski definition) is 1. The molecule has 0 saturated heterocycles. The van der Waals surface area contributed by atoms with Crippen molar-refractivity contribution >= 4 is 28.1 Å². The largest absolute Gasteiger partial charge is 0.492 e. The highest BCUT2D eigenvalue weighted by molar-refractivity contribution is 7.15. The molecule has 1 aromatic heterocycles. The van der Waals surface area contributed by atoms with Gasteiger partial charge in [-0.3, -0.25) is 0 Å². The molecule has 0 aliphatic carbocycles. The normalized spacial score (nSPS) is 10.2. The molecule has 1 N–H and O–H groups in total. The number of para-hydroxylation sites is 2. The number of aromatic nitrogens is 1. The Kier molecular flexibility index (Phi) is 5.16. The molecule has 1 aromatic carbocycles. The number of aryl methyl sites for hydroxylation is 1. The maximum atomic E-state index is 11.8. The smallest absolute Gasteiger partial charge is 0.358 e. The number of carbonyl (C=O) groups excluding carboxylic acids is 1. The van der Waals surface area contributed by atoms with Gasteiger partial charge in [0.1, 0.15) is 5.75 Å². The van der Waals surface area contributed by atoms with Crippen LogP contribution in [0, 0.1) is 6.92 Å². The van der Waals surface area contributed by atoms with Gasteiger partial charge in [-0.1, -0.05) is 12.1 Å². The lowest BCUT2D eigenvalue weighted by molar-refractivity contribution is 0.0519. The fourth-order valence-electron chi connectivity index (χ4n) is 1.81. The average molecular weight is 306 g/mol. The van der Waals surface area contributed by atoms with Crippen LogP contribution in [-0.2, 0) is 4.74 Å². The summed E-state index contributed by atoms with van der Waals surface area (Å²) in [6.45, 7) is 6.49. The summed E-state index contributed by atoms with van der Waals surface area (Å²) in [5.74, 6) is 0.364. The van der Waals surface area contributed by atoms with Gasteiger partial charge in [0.25, 0.3) is 0 Å². The van der Waals surface area contributed by atoms with Crippen LogP contribution >= 0.6 is 11.3 Å². The molecule has 112 valence electrons. The van der Waals surface area contributed by atoms with E-state index in [1.807, 2.05) is 38.1 Å². The van der Waals surface area contributed by atoms with Crippen LogP contribution in [0.2, 0.25) is 0 Å². The van der Waals surface area contributed by atoms with Gasteiger partial charge in [0.2, 0.25) is 0 Å². The molecular formula is C15H18N2O3S. The van der Waals surface area contributed by atoms with Gasteiger partial charge in [-0.25, -0.2) is 9.78 Å². The fourth-order valence-corrected chi connectivity index (χ4v) is 2.62. The molecule has 21 heavy (non-hydrogen) atoms. The molecule has 0 bridgehead atoms. The highest BCUT2D eigenvalue weighted by Crippen LogP contribution is 2.30. The van der Waals surface area contributed by atoms with E-state index in [0.29, 0.717) is 24.0 Å². The van der Waals surface area contributed by atoms with Crippen LogP contribution < -0.4 is 10.1 Å². The molecule has 0 radical (unpaired) electrons. The zero-order valence-corrected chi connectivity index (χ0v) is 13.1. The van der Waals surface area contributed by atoms with E-state index in [1.165, 1.54) is 11.3 Å². The Hall–Kier alpha value is -2.08. The van der Waals surface area contributed by atoms with E-state index in [9.17, 15) is 4.79 Å². The van der Waals surface area contributed by atoms with Gasteiger partial charge in [0.15, 0.2) is 10.8 Å². The quantitative estimate of drug-likeness (QED) is 0.823. The van der Waals surface area contributed by atoms with Crippen molar-refractivity contribution in [3.8, 4) is 5.75 Å². The fraction of sp³-hybridized carbons (Fsp3) is 0.333. The van der Waals surface area contributed by atoms with Crippen molar-refractivity contribution in [1.82, 2.24) is 4.98 Å². The molecule has 0 aliphatic rings. The number of anilines is 2. The number of hydrogen-bond acceptors (Lipinski definition) is 6. The summed E-state index contributed by atoms with van der Waals surface area (Å²) in [6.07, 6.45) is 0. The van der Waals surface area contributed by atoms with Crippen LogP contribution in [0.3, 0.4) is 0 Å². The second-order valence-electron chi connectivity index (χ2n) is 4.20. The minimum atomic E-state index is -0.391. The Labute approximate surface area is 127 Å². The van der Waals surface area contributed by atoms with Crippen LogP contribution in [0.5, 0.6) is 5.75 Å². The van der Waals surface area contributed by atoms with E-state index < -0.39 is 5.97 Å². The summed E-state index contributed by atoms with van der Waals surface area (Å²) >= 11 is 1.41. The zero-order chi connectivity index (χ0) is 15.2. The summed E-state index contributed by atoms with van der Waals surface area (Å²) in [6, 6.07) is 7.62. The molecule has 2 aromatic rings. The molecule has 0 fully saturated rings. The standard InChI is InChI=1S/C15H18N2O3S/c1-4-19-12-9-7-6-8-11(12)16-15-17-13(10(3)21-15)14(18)20-5-2/h6-9H,4-5H2,1-3H3,(H,16,17). The Bertz CT molecular complexity index is 625. The second kappa shape index (κ2) is 7.08. The summed E-state index contributed by atoms with van der Waals surface area (Å²) in [5, 5.41) is 3.83. The van der Waals surface area contributed by atoms with Crippen LogP contribution in [-0.4, -0.2) is 24.2 Å². The average Bonchev–Trinajstić information content (AvgIpc) is 2.82. The highest BCUT2D eigenvalue weighted by atomic mass is 32.1. The van der Waals surface area contributed by atoms with Crippen molar-refractivity contribution in [2.45, 2.75) is 20.8 Å². The summed E-state index contributed by atoms with van der Waals surface area (Å²) < 4.78 is 10.5. The number of benzene rings is 1. The Balaban J connectivity index is 2.21. The first-order valence-corrected chi connectivity index (χ1v) is 7.60. The first-order chi connectivity index (χ1) is 10.2. The maximum Gasteiger partial charge on any atom is 0.358 e. The van der Waals surface area contributed by atoms with E-state index in [2.05, 4.69) is 10.3 Å². The van der Waals surface area contributed by atoms with Gasteiger partial charge in [-0.2, -0.15) is 0 Å². The third-order valence-corrected chi connectivity index (χ3v) is 3.58. The van der Waals surface area contributed by atoms with Crippen molar-refractivity contribution < 1.29 is 14.3 Å². The third-order valence-electron chi connectivity index (χ3n) is 2.69. The van der Waals surface area contributed by atoms with Crippen molar-refractivity contribution in [3.05, 3.63) is 34.8 Å². The number of nitrogens with zero attached hydrogens (tertiary/aromatic N) is 1. The van der Waals surface area contributed by atoms with Crippen LogP contribution in [0.15, 0.2) is 24.3 Å². The highest BCUT2D eigenvalue weighted by Gasteiger charge is 2.17. The lowest BCUT2D eigenvalue weighted by atomic mass is 10.3. The Morgan fingerprint density at radius 3 is 2.76 bits per heavy atom. The predicted octanol–water partition coefficient (Wildman–Crippen LogP) is 3.77. The monoisotopic (exact) mass is 306 g/mol. The second-order valence-corrected chi connectivity index (χ2v) is 5.40. The number of rotatable bonds is 6. The van der Waals surface area contributed by atoms with Crippen molar-refractivity contribution in [2.24, 2.45) is 0 Å². The minimum Gasteiger partial charge on any atom is -0.492 e. The maximum absolute atomic E-state index is 11.8. The molecule has 2 rings (SSSR count). The molecular weight excluding hydrogens is 288 g/mol. The number of thiazole rings is 1. The molecule has 0 saturated carbocycles. The van der Waals surface area contributed by atoms with Crippen molar-refractivity contribution in [3.63, 3.8) is 0 Å². The van der Waals surface area contributed by atoms with E-state index >= 15 is 0 Å². The van der Waals surface area contributed by atoms with E-state index in [0.717, 1.165) is 16.3 Å². The predicted molar refractivity (Wildman–Crippen MR) is 83.7 cm³/mol. The van der Waals surface area contributed by atoms with Crippen molar-refractivity contribution in [2.75, 3.05) is 18.5 Å². The van der Waals surface area contributed by atoms with Gasteiger partial charge in [0.05, 0.1) is 18.9 Å². The van der Waals surface area contributed by atoms with Gasteiger partial charge in [-0.05, 0) is 32.9 Å². The number of esters is 1. The summed E-state index contributed by atoms with van der Waals surface area (Å²) in [7, 11) is 0. The van der Waals surface area contributed by atoms with Gasteiger partial charge < -0.3 is 14.8 Å². The molecule has 0 atom stereocenters. The minimum absolute atomic E-state index is 0.339. The molecule has 6 heteroatoms. The molecule has 1 heterocycles. The van der Waals surface area contributed by atoms with Crippen LogP contribution in [0.1, 0.15) is 29.2 Å². The van der Waals surface area contributed by atoms with E-state index in [1.54, 1.807) is 6.92 Å². The van der Waals surface area contributed by atoms with Crippen LogP contribution in [0.25, 0.3) is 0 Å². The topological polar surface area (TPSA) is 60.5 Å². The molecule has 0 amide bonds. The molecule has 5 nitrogen and oxygen atoms in total.